The molecule has 98 valence electrons. The molecule has 1 aliphatic carbocycles. The first-order valence-electron chi connectivity index (χ1n) is 6.25. The largest absolute Gasteiger partial charge is 0.503 e. The van der Waals surface area contributed by atoms with Crippen molar-refractivity contribution in [2.45, 2.75) is 38.1 Å². The minimum atomic E-state index is -0.335. The number of aromatic nitrogens is 1. The molecule has 0 unspecified atom stereocenters. The quantitative estimate of drug-likeness (QED) is 0.859. The van der Waals surface area contributed by atoms with Crippen LogP contribution < -0.4 is 10.1 Å². The molecule has 0 aromatic carbocycles. The number of rotatable bonds is 3. The van der Waals surface area contributed by atoms with Crippen LogP contribution in [0.5, 0.6) is 11.5 Å². The zero-order valence-corrected chi connectivity index (χ0v) is 10.5. The fourth-order valence-corrected chi connectivity index (χ4v) is 2.27. The summed E-state index contributed by atoms with van der Waals surface area (Å²) in [6.45, 7) is 0. The average Bonchev–Trinajstić information content (AvgIpc) is 2.40. The van der Waals surface area contributed by atoms with Gasteiger partial charge in [0.1, 0.15) is 0 Å². The van der Waals surface area contributed by atoms with Gasteiger partial charge in [0.25, 0.3) is 5.91 Å². The Bertz CT molecular complexity index is 428. The smallest absolute Gasteiger partial charge is 0.274 e. The van der Waals surface area contributed by atoms with Crippen molar-refractivity contribution >= 4 is 5.91 Å². The molecule has 0 atom stereocenters. The van der Waals surface area contributed by atoms with Crippen LogP contribution in [0.15, 0.2) is 12.3 Å². The fourth-order valence-electron chi connectivity index (χ4n) is 2.27. The van der Waals surface area contributed by atoms with Gasteiger partial charge in [0.2, 0.25) is 0 Å². The molecule has 1 saturated carbocycles. The SMILES string of the molecule is COc1ccnc(C(=O)NC2CCCCC2)c1O. The Kier molecular flexibility index (Phi) is 4.02. The van der Waals surface area contributed by atoms with Crippen molar-refractivity contribution in [1.29, 1.82) is 0 Å². The second kappa shape index (κ2) is 5.71. The van der Waals surface area contributed by atoms with Gasteiger partial charge >= 0.3 is 0 Å². The van der Waals surface area contributed by atoms with Gasteiger partial charge in [0.05, 0.1) is 7.11 Å². The lowest BCUT2D eigenvalue weighted by molar-refractivity contribution is 0.0919. The van der Waals surface area contributed by atoms with Gasteiger partial charge in [-0.05, 0) is 12.8 Å². The highest BCUT2D eigenvalue weighted by atomic mass is 16.5. The molecule has 5 heteroatoms. The summed E-state index contributed by atoms with van der Waals surface area (Å²) in [6, 6.07) is 1.71. The average molecular weight is 250 g/mol. The summed E-state index contributed by atoms with van der Waals surface area (Å²) in [5, 5.41) is 12.8. The number of carbonyl (C=O) groups is 1. The standard InChI is InChI=1S/C13H18N2O3/c1-18-10-7-8-14-11(12(10)16)13(17)15-9-5-3-2-4-6-9/h7-9,16H,2-6H2,1H3,(H,15,17). The van der Waals surface area contributed by atoms with E-state index < -0.39 is 0 Å². The number of methoxy groups -OCH3 is 1. The highest BCUT2D eigenvalue weighted by Gasteiger charge is 2.21. The van der Waals surface area contributed by atoms with Crippen LogP contribution in [0.25, 0.3) is 0 Å². The number of hydrogen-bond donors (Lipinski definition) is 2. The molecule has 2 rings (SSSR count). The van der Waals surface area contributed by atoms with Crippen LogP contribution in [0.2, 0.25) is 0 Å². The summed E-state index contributed by atoms with van der Waals surface area (Å²) in [5.41, 5.74) is 0.0277. The van der Waals surface area contributed by atoms with Crippen LogP contribution >= 0.6 is 0 Å². The van der Waals surface area contributed by atoms with E-state index in [-0.39, 0.29) is 29.1 Å². The van der Waals surface area contributed by atoms with Crippen molar-refractivity contribution in [2.75, 3.05) is 7.11 Å². The van der Waals surface area contributed by atoms with Crippen molar-refractivity contribution in [3.63, 3.8) is 0 Å². The number of carbonyl (C=O) groups excluding carboxylic acids is 1. The highest BCUT2D eigenvalue weighted by molar-refractivity contribution is 5.95. The lowest BCUT2D eigenvalue weighted by Crippen LogP contribution is -2.36. The highest BCUT2D eigenvalue weighted by Crippen LogP contribution is 2.27. The number of nitrogens with zero attached hydrogens (tertiary/aromatic N) is 1. The first kappa shape index (κ1) is 12.7. The Hall–Kier alpha value is -1.78. The van der Waals surface area contributed by atoms with Crippen molar-refractivity contribution in [1.82, 2.24) is 10.3 Å². The molecule has 1 aromatic rings. The third-order valence-electron chi connectivity index (χ3n) is 3.26. The zero-order chi connectivity index (χ0) is 13.0. The van der Waals surface area contributed by atoms with Gasteiger partial charge in [-0.2, -0.15) is 0 Å². The van der Waals surface area contributed by atoms with Gasteiger partial charge in [0, 0.05) is 18.3 Å². The second-order valence-electron chi connectivity index (χ2n) is 4.52. The van der Waals surface area contributed by atoms with E-state index in [1.165, 1.54) is 25.8 Å². The van der Waals surface area contributed by atoms with E-state index >= 15 is 0 Å². The molecule has 0 saturated heterocycles. The van der Waals surface area contributed by atoms with Gasteiger partial charge in [-0.3, -0.25) is 4.79 Å². The number of pyridine rings is 1. The van der Waals surface area contributed by atoms with Gasteiger partial charge in [-0.25, -0.2) is 4.98 Å². The van der Waals surface area contributed by atoms with E-state index in [0.29, 0.717) is 0 Å². The van der Waals surface area contributed by atoms with Crippen molar-refractivity contribution in [3.8, 4) is 11.5 Å². The normalized spacial score (nSPS) is 16.3. The first-order valence-corrected chi connectivity index (χ1v) is 6.25. The molecule has 0 spiro atoms. The maximum atomic E-state index is 12.0. The van der Waals surface area contributed by atoms with Gasteiger partial charge in [-0.15, -0.1) is 0 Å². The summed E-state index contributed by atoms with van der Waals surface area (Å²) in [4.78, 5) is 15.9. The maximum absolute atomic E-state index is 12.0. The van der Waals surface area contributed by atoms with Crippen LogP contribution in [0.1, 0.15) is 42.6 Å². The van der Waals surface area contributed by atoms with E-state index in [1.807, 2.05) is 0 Å². The van der Waals surface area contributed by atoms with Crippen LogP contribution in [0, 0.1) is 0 Å². The number of hydrogen-bond acceptors (Lipinski definition) is 4. The van der Waals surface area contributed by atoms with Crippen molar-refractivity contribution < 1.29 is 14.6 Å². The third-order valence-corrected chi connectivity index (χ3v) is 3.26. The molecule has 1 aliphatic rings. The van der Waals surface area contributed by atoms with Gasteiger partial charge in [0.15, 0.2) is 17.2 Å². The summed E-state index contributed by atoms with van der Waals surface area (Å²) in [5.74, 6) is -0.273. The summed E-state index contributed by atoms with van der Waals surface area (Å²) >= 11 is 0. The molecule has 0 aliphatic heterocycles. The van der Waals surface area contributed by atoms with E-state index in [9.17, 15) is 9.90 Å². The number of nitrogens with one attached hydrogen (secondary N) is 1. The maximum Gasteiger partial charge on any atom is 0.274 e. The molecule has 0 radical (unpaired) electrons. The van der Waals surface area contributed by atoms with Crippen LogP contribution in [-0.2, 0) is 0 Å². The van der Waals surface area contributed by atoms with Crippen molar-refractivity contribution in [3.05, 3.63) is 18.0 Å². The molecule has 1 fully saturated rings. The molecule has 1 aromatic heterocycles. The lowest BCUT2D eigenvalue weighted by Gasteiger charge is -2.22. The number of ether oxygens (including phenoxy) is 1. The lowest BCUT2D eigenvalue weighted by atomic mass is 9.95. The van der Waals surface area contributed by atoms with Crippen LogP contribution in [0.4, 0.5) is 0 Å². The Labute approximate surface area is 106 Å². The Morgan fingerprint density at radius 2 is 2.17 bits per heavy atom. The van der Waals surface area contributed by atoms with E-state index in [0.717, 1.165) is 25.7 Å². The fraction of sp³-hybridized carbons (Fsp3) is 0.538. The third kappa shape index (κ3) is 2.72. The van der Waals surface area contributed by atoms with E-state index in [1.54, 1.807) is 0 Å². The van der Waals surface area contributed by atoms with Gasteiger partial charge < -0.3 is 15.2 Å². The minimum absolute atomic E-state index is 0.0277. The zero-order valence-electron chi connectivity index (χ0n) is 10.5. The number of aromatic hydroxyl groups is 1. The molecule has 2 N–H and O–H groups in total. The molecule has 1 heterocycles. The first-order chi connectivity index (χ1) is 8.72. The summed E-state index contributed by atoms with van der Waals surface area (Å²) in [6.07, 6.45) is 6.96. The second-order valence-corrected chi connectivity index (χ2v) is 4.52. The van der Waals surface area contributed by atoms with Crippen LogP contribution in [0.3, 0.4) is 0 Å². The number of amides is 1. The molecule has 18 heavy (non-hydrogen) atoms. The predicted octanol–water partition coefficient (Wildman–Crippen LogP) is 1.86. The summed E-state index contributed by atoms with van der Waals surface area (Å²) < 4.78 is 4.96. The minimum Gasteiger partial charge on any atom is -0.503 e. The van der Waals surface area contributed by atoms with E-state index in [2.05, 4.69) is 10.3 Å². The monoisotopic (exact) mass is 250 g/mol. The Balaban J connectivity index is 2.08. The molecular weight excluding hydrogens is 232 g/mol. The molecule has 1 amide bonds. The molecule has 5 nitrogen and oxygen atoms in total. The molecule has 0 bridgehead atoms. The topological polar surface area (TPSA) is 71.5 Å². The predicted molar refractivity (Wildman–Crippen MR) is 66.8 cm³/mol. The van der Waals surface area contributed by atoms with Gasteiger partial charge in [-0.1, -0.05) is 19.3 Å². The summed E-state index contributed by atoms with van der Waals surface area (Å²) in [7, 11) is 1.44. The van der Waals surface area contributed by atoms with Crippen LogP contribution in [-0.4, -0.2) is 29.1 Å². The molecular formula is C13H18N2O3. The Morgan fingerprint density at radius 3 is 2.83 bits per heavy atom. The van der Waals surface area contributed by atoms with Crippen molar-refractivity contribution in [2.24, 2.45) is 0 Å². The Morgan fingerprint density at radius 1 is 1.44 bits per heavy atom. The van der Waals surface area contributed by atoms with E-state index in [4.69, 9.17) is 4.74 Å².